The summed E-state index contributed by atoms with van der Waals surface area (Å²) in [5.41, 5.74) is 1.64. The fraction of sp³-hybridized carbons (Fsp3) is 0.357. The van der Waals surface area contributed by atoms with E-state index in [1.807, 2.05) is 39.4 Å². The number of hydrogen-bond donors (Lipinski definition) is 0. The molecule has 0 N–H and O–H groups in total. The van der Waals surface area contributed by atoms with Crippen molar-refractivity contribution in [2.24, 2.45) is 0 Å². The zero-order valence-corrected chi connectivity index (χ0v) is 22.5. The van der Waals surface area contributed by atoms with Crippen molar-refractivity contribution < 1.29 is 14.3 Å². The monoisotopic (exact) mass is 543 g/mol. The molecule has 3 aromatic heterocycles. The maximum Gasteiger partial charge on any atom is 0.273 e. The highest BCUT2D eigenvalue weighted by Gasteiger charge is 2.29. The molecule has 2 aliphatic heterocycles. The number of ether oxygens (including phenoxy) is 1. The van der Waals surface area contributed by atoms with Gasteiger partial charge in [0.15, 0.2) is 0 Å². The van der Waals surface area contributed by atoms with Crippen molar-refractivity contribution in [3.63, 3.8) is 0 Å². The molecular formula is C28H29N7O3S. The minimum atomic E-state index is -0.0902. The molecule has 11 heteroatoms. The SMILES string of the molecule is COc1cc(C(=O)N2CCC(c3nc(C(=O)N4CCN(c5ncccn5)CC4)cs3)CC2)nc2ccccc12. The van der Waals surface area contributed by atoms with Gasteiger partial charge in [0.1, 0.15) is 17.1 Å². The lowest BCUT2D eigenvalue weighted by atomic mass is 9.97. The summed E-state index contributed by atoms with van der Waals surface area (Å²) in [7, 11) is 1.61. The van der Waals surface area contributed by atoms with Gasteiger partial charge in [-0.05, 0) is 31.0 Å². The lowest BCUT2D eigenvalue weighted by Gasteiger charge is -2.34. The van der Waals surface area contributed by atoms with Crippen molar-refractivity contribution in [1.29, 1.82) is 0 Å². The molecule has 0 atom stereocenters. The summed E-state index contributed by atoms with van der Waals surface area (Å²) < 4.78 is 5.51. The van der Waals surface area contributed by atoms with Gasteiger partial charge in [0.25, 0.3) is 11.8 Å². The van der Waals surface area contributed by atoms with Gasteiger partial charge in [-0.3, -0.25) is 9.59 Å². The number of thiazole rings is 1. The van der Waals surface area contributed by atoms with E-state index in [4.69, 9.17) is 9.72 Å². The van der Waals surface area contributed by atoms with Crippen molar-refractivity contribution in [2.75, 3.05) is 51.3 Å². The predicted molar refractivity (Wildman–Crippen MR) is 148 cm³/mol. The Hall–Kier alpha value is -4.12. The van der Waals surface area contributed by atoms with Crippen LogP contribution in [0.5, 0.6) is 5.75 Å². The predicted octanol–water partition coefficient (Wildman–Crippen LogP) is 3.47. The first-order valence-electron chi connectivity index (χ1n) is 13.1. The molecule has 0 bridgehead atoms. The van der Waals surface area contributed by atoms with Crippen LogP contribution in [0.15, 0.2) is 54.2 Å². The second-order valence-corrected chi connectivity index (χ2v) is 10.6. The number of rotatable bonds is 5. The van der Waals surface area contributed by atoms with E-state index in [0.717, 1.165) is 28.8 Å². The zero-order chi connectivity index (χ0) is 26.8. The molecule has 0 unspecified atom stereocenters. The summed E-state index contributed by atoms with van der Waals surface area (Å²) >= 11 is 1.54. The van der Waals surface area contributed by atoms with Crippen LogP contribution in [0.1, 0.15) is 44.7 Å². The Balaban J connectivity index is 1.05. The van der Waals surface area contributed by atoms with Gasteiger partial charge in [-0.25, -0.2) is 19.9 Å². The smallest absolute Gasteiger partial charge is 0.273 e. The number of carbonyl (C=O) groups is 2. The Morgan fingerprint density at radius 1 is 0.872 bits per heavy atom. The number of nitrogens with zero attached hydrogens (tertiary/aromatic N) is 7. The van der Waals surface area contributed by atoms with E-state index >= 15 is 0 Å². The summed E-state index contributed by atoms with van der Waals surface area (Å²) in [6.07, 6.45) is 5.06. The second-order valence-electron chi connectivity index (χ2n) is 9.69. The highest BCUT2D eigenvalue weighted by atomic mass is 32.1. The lowest BCUT2D eigenvalue weighted by molar-refractivity contribution is 0.0707. The highest BCUT2D eigenvalue weighted by molar-refractivity contribution is 7.09. The van der Waals surface area contributed by atoms with Crippen LogP contribution in [0.3, 0.4) is 0 Å². The van der Waals surface area contributed by atoms with Crippen LogP contribution >= 0.6 is 11.3 Å². The number of methoxy groups -OCH3 is 1. The molecule has 2 aliphatic rings. The van der Waals surface area contributed by atoms with E-state index < -0.39 is 0 Å². The average molecular weight is 544 g/mol. The number of amides is 2. The molecule has 2 saturated heterocycles. The minimum absolute atomic E-state index is 0.0323. The summed E-state index contributed by atoms with van der Waals surface area (Å²) in [5, 5.41) is 3.72. The van der Waals surface area contributed by atoms with Gasteiger partial charge < -0.3 is 19.4 Å². The zero-order valence-electron chi connectivity index (χ0n) is 21.7. The molecular weight excluding hydrogens is 514 g/mol. The van der Waals surface area contributed by atoms with Gasteiger partial charge in [-0.15, -0.1) is 11.3 Å². The minimum Gasteiger partial charge on any atom is -0.496 e. The van der Waals surface area contributed by atoms with E-state index in [0.29, 0.717) is 62.4 Å². The molecule has 6 rings (SSSR count). The fourth-order valence-electron chi connectivity index (χ4n) is 5.21. The molecule has 0 saturated carbocycles. The van der Waals surface area contributed by atoms with Crippen LogP contribution in [-0.2, 0) is 0 Å². The van der Waals surface area contributed by atoms with Gasteiger partial charge >= 0.3 is 0 Å². The molecule has 0 spiro atoms. The number of benzene rings is 1. The maximum atomic E-state index is 13.3. The van der Waals surface area contributed by atoms with E-state index in [2.05, 4.69) is 19.9 Å². The van der Waals surface area contributed by atoms with Crippen LogP contribution in [0.2, 0.25) is 0 Å². The van der Waals surface area contributed by atoms with Gasteiger partial charge in [-0.2, -0.15) is 0 Å². The first-order chi connectivity index (χ1) is 19.1. The van der Waals surface area contributed by atoms with Crippen molar-refractivity contribution in [1.82, 2.24) is 29.7 Å². The lowest BCUT2D eigenvalue weighted by Crippen LogP contribution is -2.49. The number of likely N-dealkylation sites (tertiary alicyclic amines) is 1. The molecule has 39 heavy (non-hydrogen) atoms. The number of fused-ring (bicyclic) bond motifs is 1. The van der Waals surface area contributed by atoms with Crippen LogP contribution in [0.4, 0.5) is 5.95 Å². The Morgan fingerprint density at radius 2 is 1.56 bits per heavy atom. The van der Waals surface area contributed by atoms with Gasteiger partial charge in [0.2, 0.25) is 5.95 Å². The van der Waals surface area contributed by atoms with Crippen molar-refractivity contribution in [3.8, 4) is 5.75 Å². The van der Waals surface area contributed by atoms with E-state index in [-0.39, 0.29) is 17.7 Å². The number of carbonyl (C=O) groups excluding carboxylic acids is 2. The van der Waals surface area contributed by atoms with Crippen molar-refractivity contribution in [3.05, 3.63) is 70.6 Å². The number of pyridine rings is 1. The quantitative estimate of drug-likeness (QED) is 0.377. The Kier molecular flexibility index (Phi) is 7.06. The summed E-state index contributed by atoms with van der Waals surface area (Å²) in [6, 6.07) is 11.2. The second kappa shape index (κ2) is 10.9. The van der Waals surface area contributed by atoms with Gasteiger partial charge in [0, 0.05) is 74.4 Å². The summed E-state index contributed by atoms with van der Waals surface area (Å²) in [5.74, 6) is 1.45. The van der Waals surface area contributed by atoms with Crippen LogP contribution < -0.4 is 9.64 Å². The Labute approximate surface area is 230 Å². The molecule has 10 nitrogen and oxygen atoms in total. The summed E-state index contributed by atoms with van der Waals surface area (Å²) in [4.78, 5) is 50.1. The Bertz CT molecular complexity index is 1480. The highest BCUT2D eigenvalue weighted by Crippen LogP contribution is 2.32. The van der Waals surface area contributed by atoms with Gasteiger partial charge in [0.05, 0.1) is 17.6 Å². The number of piperazine rings is 1. The fourth-order valence-corrected chi connectivity index (χ4v) is 6.18. The average Bonchev–Trinajstić information content (AvgIpc) is 3.51. The largest absolute Gasteiger partial charge is 0.496 e. The topological polar surface area (TPSA) is 105 Å². The molecule has 4 aromatic rings. The third-order valence-electron chi connectivity index (χ3n) is 7.39. The number of piperidine rings is 1. The standard InChI is InChI=1S/C28H29N7O3S/c1-38-24-17-22(31-21-6-3-2-5-20(21)24)26(36)33-11-7-19(8-12-33)25-32-23(18-39-25)27(37)34-13-15-35(16-14-34)28-29-9-4-10-30-28/h2-6,9-10,17-19H,7-8,11-16H2,1H3. The van der Waals surface area contributed by atoms with E-state index in [9.17, 15) is 9.59 Å². The molecule has 5 heterocycles. The normalized spacial score (nSPS) is 16.5. The number of aromatic nitrogens is 4. The first kappa shape index (κ1) is 25.2. The van der Waals surface area contributed by atoms with E-state index in [1.54, 1.807) is 31.6 Å². The molecule has 2 fully saturated rings. The molecule has 1 aromatic carbocycles. The molecule has 2 amide bonds. The number of anilines is 1. The number of hydrogen-bond acceptors (Lipinski definition) is 9. The maximum absolute atomic E-state index is 13.3. The first-order valence-corrected chi connectivity index (χ1v) is 14.0. The van der Waals surface area contributed by atoms with Crippen molar-refractivity contribution in [2.45, 2.75) is 18.8 Å². The molecule has 0 radical (unpaired) electrons. The van der Waals surface area contributed by atoms with Crippen molar-refractivity contribution >= 4 is 40.0 Å². The van der Waals surface area contributed by atoms with E-state index in [1.165, 1.54) is 11.3 Å². The summed E-state index contributed by atoms with van der Waals surface area (Å²) in [6.45, 7) is 3.84. The number of para-hydroxylation sites is 1. The van der Waals surface area contributed by atoms with Crippen LogP contribution in [0, 0.1) is 0 Å². The molecule has 200 valence electrons. The van der Waals surface area contributed by atoms with Crippen LogP contribution in [-0.4, -0.2) is 87.9 Å². The third kappa shape index (κ3) is 5.14. The van der Waals surface area contributed by atoms with Crippen LogP contribution in [0.25, 0.3) is 10.9 Å². The third-order valence-corrected chi connectivity index (χ3v) is 8.40. The Morgan fingerprint density at radius 3 is 2.31 bits per heavy atom. The van der Waals surface area contributed by atoms with Gasteiger partial charge in [-0.1, -0.05) is 12.1 Å². The molecule has 0 aliphatic carbocycles.